The van der Waals surface area contributed by atoms with Crippen molar-refractivity contribution >= 4 is 0 Å². The lowest BCUT2D eigenvalue weighted by Crippen LogP contribution is -1.98. The molecule has 1 aromatic rings. The Balaban J connectivity index is 1.99. The molecule has 0 radical (unpaired) electrons. The third kappa shape index (κ3) is 2.36. The molecule has 1 aromatic carbocycles. The summed E-state index contributed by atoms with van der Waals surface area (Å²) in [5, 5.41) is 9.89. The van der Waals surface area contributed by atoms with Crippen LogP contribution in [0.25, 0.3) is 0 Å². The van der Waals surface area contributed by atoms with Crippen LogP contribution in [0.4, 0.5) is 0 Å². The van der Waals surface area contributed by atoms with Crippen LogP contribution in [-0.2, 0) is 6.42 Å². The molecule has 2 rings (SSSR count). The molecule has 1 fully saturated rings. The number of hydrogen-bond acceptors (Lipinski definition) is 1. The Bertz CT molecular complexity index is 285. The van der Waals surface area contributed by atoms with Crippen molar-refractivity contribution in [1.29, 1.82) is 0 Å². The van der Waals surface area contributed by atoms with Gasteiger partial charge in [0.25, 0.3) is 0 Å². The van der Waals surface area contributed by atoms with Gasteiger partial charge in [-0.05, 0) is 29.9 Å². The highest BCUT2D eigenvalue weighted by Gasteiger charge is 2.24. The SMILES string of the molecule is CCc1ccc(C(O)CC2CC2)cc1. The van der Waals surface area contributed by atoms with E-state index >= 15 is 0 Å². The van der Waals surface area contributed by atoms with Gasteiger partial charge in [-0.3, -0.25) is 0 Å². The second kappa shape index (κ2) is 4.14. The van der Waals surface area contributed by atoms with Gasteiger partial charge in [0.2, 0.25) is 0 Å². The molecule has 1 unspecified atom stereocenters. The first-order valence-corrected chi connectivity index (χ1v) is 5.56. The molecular formula is C13H18O. The average Bonchev–Trinajstić information content (AvgIpc) is 3.02. The third-order valence-electron chi connectivity index (χ3n) is 3.03. The molecule has 0 saturated heterocycles. The van der Waals surface area contributed by atoms with E-state index in [1.807, 2.05) is 0 Å². The summed E-state index contributed by atoms with van der Waals surface area (Å²) in [6.45, 7) is 2.15. The van der Waals surface area contributed by atoms with Gasteiger partial charge >= 0.3 is 0 Å². The van der Waals surface area contributed by atoms with Crippen LogP contribution in [-0.4, -0.2) is 5.11 Å². The Morgan fingerprint density at radius 3 is 2.43 bits per heavy atom. The minimum Gasteiger partial charge on any atom is -0.388 e. The van der Waals surface area contributed by atoms with Gasteiger partial charge in [-0.25, -0.2) is 0 Å². The largest absolute Gasteiger partial charge is 0.388 e. The zero-order valence-electron chi connectivity index (χ0n) is 8.74. The number of aliphatic hydroxyl groups is 1. The van der Waals surface area contributed by atoms with Crippen molar-refractivity contribution in [2.24, 2.45) is 5.92 Å². The minimum atomic E-state index is -0.242. The molecule has 1 aliphatic carbocycles. The van der Waals surface area contributed by atoms with Crippen LogP contribution < -0.4 is 0 Å². The maximum Gasteiger partial charge on any atom is 0.0792 e. The van der Waals surface area contributed by atoms with Gasteiger partial charge in [-0.1, -0.05) is 44.0 Å². The van der Waals surface area contributed by atoms with E-state index in [-0.39, 0.29) is 6.10 Å². The Kier molecular flexibility index (Phi) is 2.87. The van der Waals surface area contributed by atoms with E-state index in [1.165, 1.54) is 18.4 Å². The van der Waals surface area contributed by atoms with Gasteiger partial charge in [0.1, 0.15) is 0 Å². The highest BCUT2D eigenvalue weighted by Crippen LogP contribution is 2.37. The summed E-state index contributed by atoms with van der Waals surface area (Å²) in [5.74, 6) is 0.788. The Morgan fingerprint density at radius 1 is 1.29 bits per heavy atom. The van der Waals surface area contributed by atoms with E-state index in [4.69, 9.17) is 0 Å². The molecule has 1 atom stereocenters. The van der Waals surface area contributed by atoms with Crippen molar-refractivity contribution in [2.45, 2.75) is 38.7 Å². The first-order chi connectivity index (χ1) is 6.79. The lowest BCUT2D eigenvalue weighted by atomic mass is 10.0. The monoisotopic (exact) mass is 190 g/mol. The first kappa shape index (κ1) is 9.72. The molecule has 0 heterocycles. The van der Waals surface area contributed by atoms with Crippen LogP contribution >= 0.6 is 0 Å². The molecule has 1 heteroatoms. The van der Waals surface area contributed by atoms with Crippen LogP contribution in [0.5, 0.6) is 0 Å². The first-order valence-electron chi connectivity index (χ1n) is 5.56. The molecule has 1 nitrogen and oxygen atoms in total. The van der Waals surface area contributed by atoms with E-state index in [9.17, 15) is 5.11 Å². The van der Waals surface area contributed by atoms with E-state index in [2.05, 4.69) is 31.2 Å². The van der Waals surface area contributed by atoms with Crippen LogP contribution in [0.15, 0.2) is 24.3 Å². The van der Waals surface area contributed by atoms with Crippen LogP contribution in [0, 0.1) is 5.92 Å². The summed E-state index contributed by atoms with van der Waals surface area (Å²) >= 11 is 0. The fourth-order valence-electron chi connectivity index (χ4n) is 1.78. The second-order valence-electron chi connectivity index (χ2n) is 4.29. The molecule has 1 saturated carbocycles. The number of aryl methyl sites for hydroxylation is 1. The third-order valence-corrected chi connectivity index (χ3v) is 3.03. The predicted molar refractivity (Wildman–Crippen MR) is 58.1 cm³/mol. The minimum absolute atomic E-state index is 0.242. The van der Waals surface area contributed by atoms with Crippen molar-refractivity contribution in [1.82, 2.24) is 0 Å². The summed E-state index contributed by atoms with van der Waals surface area (Å²) in [6.07, 6.45) is 4.40. The maximum atomic E-state index is 9.89. The number of hydrogen-bond donors (Lipinski definition) is 1. The summed E-state index contributed by atoms with van der Waals surface area (Å²) in [7, 11) is 0. The highest BCUT2D eigenvalue weighted by atomic mass is 16.3. The lowest BCUT2D eigenvalue weighted by molar-refractivity contribution is 0.160. The molecule has 1 aliphatic rings. The zero-order valence-corrected chi connectivity index (χ0v) is 8.74. The molecule has 76 valence electrons. The van der Waals surface area contributed by atoms with E-state index in [0.717, 1.165) is 24.3 Å². The van der Waals surface area contributed by atoms with Gasteiger partial charge in [-0.2, -0.15) is 0 Å². The van der Waals surface area contributed by atoms with Crippen molar-refractivity contribution in [3.05, 3.63) is 35.4 Å². The van der Waals surface area contributed by atoms with Crippen molar-refractivity contribution < 1.29 is 5.11 Å². The molecule has 1 N–H and O–H groups in total. The normalized spacial score (nSPS) is 18.1. The second-order valence-corrected chi connectivity index (χ2v) is 4.29. The molecule has 0 bridgehead atoms. The van der Waals surface area contributed by atoms with Crippen LogP contribution in [0.1, 0.15) is 43.4 Å². The van der Waals surface area contributed by atoms with Crippen LogP contribution in [0.2, 0.25) is 0 Å². The Hall–Kier alpha value is -0.820. The Labute approximate surface area is 85.8 Å². The molecule has 0 amide bonds. The fraction of sp³-hybridized carbons (Fsp3) is 0.538. The van der Waals surface area contributed by atoms with E-state index < -0.39 is 0 Å². The van der Waals surface area contributed by atoms with E-state index in [1.54, 1.807) is 0 Å². The summed E-state index contributed by atoms with van der Waals surface area (Å²) < 4.78 is 0. The van der Waals surface area contributed by atoms with E-state index in [0.29, 0.717) is 0 Å². The highest BCUT2D eigenvalue weighted by molar-refractivity contribution is 5.24. The van der Waals surface area contributed by atoms with Gasteiger partial charge in [0.15, 0.2) is 0 Å². The average molecular weight is 190 g/mol. The van der Waals surface area contributed by atoms with Crippen molar-refractivity contribution in [3.63, 3.8) is 0 Å². The van der Waals surface area contributed by atoms with Gasteiger partial charge < -0.3 is 5.11 Å². The Morgan fingerprint density at radius 2 is 1.93 bits per heavy atom. The number of rotatable bonds is 4. The molecular weight excluding hydrogens is 172 g/mol. The summed E-state index contributed by atoms with van der Waals surface area (Å²) in [4.78, 5) is 0. The quantitative estimate of drug-likeness (QED) is 0.773. The zero-order chi connectivity index (χ0) is 9.97. The predicted octanol–water partition coefficient (Wildman–Crippen LogP) is 3.08. The van der Waals surface area contributed by atoms with Gasteiger partial charge in [0, 0.05) is 0 Å². The van der Waals surface area contributed by atoms with Gasteiger partial charge in [0.05, 0.1) is 6.10 Å². The topological polar surface area (TPSA) is 20.2 Å². The lowest BCUT2D eigenvalue weighted by Gasteiger charge is -2.10. The number of aliphatic hydroxyl groups excluding tert-OH is 1. The summed E-state index contributed by atoms with van der Waals surface area (Å²) in [6, 6.07) is 8.36. The molecule has 0 aliphatic heterocycles. The smallest absolute Gasteiger partial charge is 0.0792 e. The van der Waals surface area contributed by atoms with Gasteiger partial charge in [-0.15, -0.1) is 0 Å². The van der Waals surface area contributed by atoms with Crippen molar-refractivity contribution in [3.8, 4) is 0 Å². The molecule has 14 heavy (non-hydrogen) atoms. The van der Waals surface area contributed by atoms with Crippen molar-refractivity contribution in [2.75, 3.05) is 0 Å². The number of benzene rings is 1. The van der Waals surface area contributed by atoms with Crippen LogP contribution in [0.3, 0.4) is 0 Å². The standard InChI is InChI=1S/C13H18O/c1-2-10-5-7-12(8-6-10)13(14)9-11-3-4-11/h5-8,11,13-14H,2-4,9H2,1H3. The summed E-state index contributed by atoms with van der Waals surface area (Å²) in [5.41, 5.74) is 2.42. The molecule has 0 spiro atoms. The molecule has 0 aromatic heterocycles. The maximum absolute atomic E-state index is 9.89. The fourth-order valence-corrected chi connectivity index (χ4v) is 1.78.